The Labute approximate surface area is 152 Å². The van der Waals surface area contributed by atoms with Crippen LogP contribution in [-0.2, 0) is 16.1 Å². The number of fused-ring (bicyclic) bond motifs is 3. The van der Waals surface area contributed by atoms with E-state index in [-0.39, 0.29) is 23.9 Å². The number of likely N-dealkylation sites (tertiary alicyclic amines) is 1. The summed E-state index contributed by atoms with van der Waals surface area (Å²) in [6.07, 6.45) is -0.401. The van der Waals surface area contributed by atoms with Crippen molar-refractivity contribution in [1.29, 1.82) is 0 Å². The number of phenols is 1. The Kier molecular flexibility index (Phi) is 4.40. The maximum atomic E-state index is 12.3. The standard InChI is InChI=1S/C16H19Br2NO4/c1-16(2,3)23-15(21)19-5-9-11(6-19)22-7-8-4-10(17)14(20)13(18)12(8)9/h4,9,11,20H,5-7H2,1-3H3/t9-,11+/m1/s1. The highest BCUT2D eigenvalue weighted by Crippen LogP contribution is 2.46. The number of benzene rings is 1. The van der Waals surface area contributed by atoms with Gasteiger partial charge in [-0.15, -0.1) is 0 Å². The average Bonchev–Trinajstić information content (AvgIpc) is 2.86. The fourth-order valence-electron chi connectivity index (χ4n) is 3.09. The van der Waals surface area contributed by atoms with Crippen molar-refractivity contribution in [2.45, 2.75) is 45.0 Å². The Morgan fingerprint density at radius 1 is 1.39 bits per heavy atom. The molecule has 2 heterocycles. The Morgan fingerprint density at radius 3 is 2.74 bits per heavy atom. The zero-order valence-corrected chi connectivity index (χ0v) is 16.4. The molecule has 1 aromatic rings. The molecule has 23 heavy (non-hydrogen) atoms. The predicted molar refractivity (Wildman–Crippen MR) is 92.6 cm³/mol. The second-order valence-electron chi connectivity index (χ2n) is 6.94. The molecule has 126 valence electrons. The summed E-state index contributed by atoms with van der Waals surface area (Å²) < 4.78 is 12.7. The Morgan fingerprint density at radius 2 is 2.09 bits per heavy atom. The number of phenolic OH excluding ortho intramolecular Hbond substituents is 1. The Hall–Kier alpha value is -0.790. The molecule has 1 aromatic carbocycles. The summed E-state index contributed by atoms with van der Waals surface area (Å²) >= 11 is 6.83. The monoisotopic (exact) mass is 447 g/mol. The van der Waals surface area contributed by atoms with Crippen molar-refractivity contribution < 1.29 is 19.4 Å². The summed E-state index contributed by atoms with van der Waals surface area (Å²) in [7, 11) is 0. The lowest BCUT2D eigenvalue weighted by Gasteiger charge is -2.29. The minimum Gasteiger partial charge on any atom is -0.506 e. The van der Waals surface area contributed by atoms with E-state index in [0.717, 1.165) is 11.1 Å². The van der Waals surface area contributed by atoms with Crippen LogP contribution < -0.4 is 0 Å². The quantitative estimate of drug-likeness (QED) is 0.647. The van der Waals surface area contributed by atoms with Gasteiger partial charge in [-0.25, -0.2) is 4.79 Å². The van der Waals surface area contributed by atoms with E-state index in [2.05, 4.69) is 31.9 Å². The molecule has 2 aliphatic heterocycles. The number of rotatable bonds is 0. The lowest BCUT2D eigenvalue weighted by molar-refractivity contribution is 0.0125. The van der Waals surface area contributed by atoms with E-state index in [0.29, 0.717) is 28.6 Å². The number of hydrogen-bond acceptors (Lipinski definition) is 4. The summed E-state index contributed by atoms with van der Waals surface area (Å²) in [6, 6.07) is 1.88. The molecule has 0 bridgehead atoms. The Balaban J connectivity index is 1.87. The normalized spacial score (nSPS) is 23.4. The molecule has 1 saturated heterocycles. The van der Waals surface area contributed by atoms with Gasteiger partial charge in [-0.05, 0) is 69.8 Å². The van der Waals surface area contributed by atoms with Crippen LogP contribution in [0.1, 0.15) is 37.8 Å². The smallest absolute Gasteiger partial charge is 0.410 e. The van der Waals surface area contributed by atoms with E-state index in [1.807, 2.05) is 26.8 Å². The predicted octanol–water partition coefficient (Wildman–Crippen LogP) is 4.15. The van der Waals surface area contributed by atoms with Crippen molar-refractivity contribution in [2.24, 2.45) is 0 Å². The van der Waals surface area contributed by atoms with Gasteiger partial charge < -0.3 is 19.5 Å². The third-order valence-corrected chi connectivity index (χ3v) is 5.47. The van der Waals surface area contributed by atoms with Gasteiger partial charge in [0, 0.05) is 12.5 Å². The summed E-state index contributed by atoms with van der Waals surface area (Å²) in [5, 5.41) is 10.2. The van der Waals surface area contributed by atoms with Crippen molar-refractivity contribution in [2.75, 3.05) is 13.1 Å². The number of hydrogen-bond donors (Lipinski definition) is 1. The second-order valence-corrected chi connectivity index (χ2v) is 8.58. The molecule has 2 atom stereocenters. The lowest BCUT2D eigenvalue weighted by atomic mass is 9.89. The van der Waals surface area contributed by atoms with Crippen molar-refractivity contribution in [3.63, 3.8) is 0 Å². The van der Waals surface area contributed by atoms with Gasteiger partial charge in [0.25, 0.3) is 0 Å². The molecule has 2 aliphatic rings. The van der Waals surface area contributed by atoms with Gasteiger partial charge in [0.1, 0.15) is 11.4 Å². The van der Waals surface area contributed by atoms with Crippen LogP contribution in [0.15, 0.2) is 15.0 Å². The van der Waals surface area contributed by atoms with E-state index in [1.165, 1.54) is 0 Å². The van der Waals surface area contributed by atoms with Crippen molar-refractivity contribution in [3.05, 3.63) is 26.1 Å². The highest BCUT2D eigenvalue weighted by Gasteiger charge is 2.43. The van der Waals surface area contributed by atoms with Crippen LogP contribution in [0.25, 0.3) is 0 Å². The SMILES string of the molecule is CC(C)(C)OC(=O)N1C[C@@H]2OCc3cc(Br)c(O)c(Br)c3[C@@H]2C1. The average molecular weight is 449 g/mol. The van der Waals surface area contributed by atoms with Gasteiger partial charge in [0.15, 0.2) is 0 Å². The Bertz CT molecular complexity index is 656. The molecular formula is C16H19Br2NO4. The van der Waals surface area contributed by atoms with Crippen molar-refractivity contribution in [3.8, 4) is 5.75 Å². The molecule has 0 saturated carbocycles. The number of carbonyl (C=O) groups is 1. The van der Waals surface area contributed by atoms with Crippen LogP contribution in [0.2, 0.25) is 0 Å². The van der Waals surface area contributed by atoms with Crippen LogP contribution in [-0.4, -0.2) is 40.9 Å². The van der Waals surface area contributed by atoms with Gasteiger partial charge in [-0.3, -0.25) is 0 Å². The van der Waals surface area contributed by atoms with E-state index < -0.39 is 5.60 Å². The number of halogens is 2. The van der Waals surface area contributed by atoms with Crippen molar-refractivity contribution >= 4 is 38.0 Å². The van der Waals surface area contributed by atoms with Crippen LogP contribution in [0.3, 0.4) is 0 Å². The molecule has 1 N–H and O–H groups in total. The second kappa shape index (κ2) is 5.93. The third-order valence-electron chi connectivity index (χ3n) is 4.06. The zero-order valence-electron chi connectivity index (χ0n) is 13.2. The molecule has 0 unspecified atom stereocenters. The molecule has 0 aliphatic carbocycles. The zero-order chi connectivity index (χ0) is 16.9. The molecule has 1 fully saturated rings. The van der Waals surface area contributed by atoms with E-state index in [9.17, 15) is 9.90 Å². The van der Waals surface area contributed by atoms with Gasteiger partial charge in [0.2, 0.25) is 0 Å². The molecule has 0 spiro atoms. The fourth-order valence-corrected chi connectivity index (χ4v) is 4.59. The molecular weight excluding hydrogens is 430 g/mol. The summed E-state index contributed by atoms with van der Waals surface area (Å²) in [4.78, 5) is 14.0. The van der Waals surface area contributed by atoms with E-state index >= 15 is 0 Å². The fraction of sp³-hybridized carbons (Fsp3) is 0.562. The van der Waals surface area contributed by atoms with Crippen molar-refractivity contribution in [1.82, 2.24) is 4.90 Å². The maximum absolute atomic E-state index is 12.3. The first kappa shape index (κ1) is 17.0. The topological polar surface area (TPSA) is 59.0 Å². The first-order chi connectivity index (χ1) is 10.7. The highest BCUT2D eigenvalue weighted by atomic mass is 79.9. The van der Waals surface area contributed by atoms with Gasteiger partial charge >= 0.3 is 6.09 Å². The van der Waals surface area contributed by atoms with E-state index in [4.69, 9.17) is 9.47 Å². The summed E-state index contributed by atoms with van der Waals surface area (Å²) in [5.41, 5.74) is 1.52. The first-order valence-electron chi connectivity index (χ1n) is 7.46. The number of amides is 1. The molecule has 0 radical (unpaired) electrons. The van der Waals surface area contributed by atoms with Crippen LogP contribution in [0.5, 0.6) is 5.75 Å². The van der Waals surface area contributed by atoms with Crippen LogP contribution in [0, 0.1) is 0 Å². The molecule has 1 amide bonds. The number of ether oxygens (including phenoxy) is 2. The molecule has 7 heteroatoms. The number of nitrogens with zero attached hydrogens (tertiary/aromatic N) is 1. The number of carbonyl (C=O) groups excluding carboxylic acids is 1. The minimum absolute atomic E-state index is 0.0274. The van der Waals surface area contributed by atoms with Gasteiger partial charge in [-0.1, -0.05) is 0 Å². The number of aromatic hydroxyl groups is 1. The first-order valence-corrected chi connectivity index (χ1v) is 9.05. The molecule has 0 aromatic heterocycles. The summed E-state index contributed by atoms with van der Waals surface area (Å²) in [5.74, 6) is 0.208. The highest BCUT2D eigenvalue weighted by molar-refractivity contribution is 9.11. The maximum Gasteiger partial charge on any atom is 0.410 e. The van der Waals surface area contributed by atoms with Gasteiger partial charge in [-0.2, -0.15) is 0 Å². The third kappa shape index (κ3) is 3.23. The largest absolute Gasteiger partial charge is 0.506 e. The minimum atomic E-state index is -0.521. The van der Waals surface area contributed by atoms with Crippen LogP contribution in [0.4, 0.5) is 4.79 Å². The summed E-state index contributed by atoms with van der Waals surface area (Å²) in [6.45, 7) is 7.05. The molecule has 3 rings (SSSR count). The molecule has 5 nitrogen and oxygen atoms in total. The lowest BCUT2D eigenvalue weighted by Crippen LogP contribution is -2.36. The van der Waals surface area contributed by atoms with Crippen LogP contribution >= 0.6 is 31.9 Å². The van der Waals surface area contributed by atoms with E-state index in [1.54, 1.807) is 4.90 Å². The van der Waals surface area contributed by atoms with Gasteiger partial charge in [0.05, 0.1) is 28.2 Å².